The van der Waals surface area contributed by atoms with Crippen LogP contribution in [0.4, 0.5) is 0 Å². The summed E-state index contributed by atoms with van der Waals surface area (Å²) in [6.45, 7) is 0.273. The quantitative estimate of drug-likeness (QED) is 0.779. The monoisotopic (exact) mass is 325 g/mol. The lowest BCUT2D eigenvalue weighted by Crippen LogP contribution is -2.37. The van der Waals surface area contributed by atoms with Crippen molar-refractivity contribution in [1.82, 2.24) is 4.31 Å². The van der Waals surface area contributed by atoms with E-state index in [1.165, 1.54) is 4.31 Å². The van der Waals surface area contributed by atoms with E-state index in [-0.39, 0.29) is 23.7 Å². The number of esters is 1. The second kappa shape index (κ2) is 7.24. The number of carbonyl (C=O) groups excluding carboxylic acids is 1. The summed E-state index contributed by atoms with van der Waals surface area (Å²) in [5, 5.41) is -0.374. The number of carbonyl (C=O) groups is 1. The van der Waals surface area contributed by atoms with Gasteiger partial charge in [-0.05, 0) is 31.2 Å². The molecule has 122 valence electrons. The Morgan fingerprint density at radius 2 is 1.73 bits per heavy atom. The first-order chi connectivity index (χ1) is 10.4. The van der Waals surface area contributed by atoms with E-state index in [2.05, 4.69) is 0 Å². The highest BCUT2D eigenvalue weighted by molar-refractivity contribution is 7.89. The predicted octanol–water partition coefficient (Wildman–Crippen LogP) is 2.18. The average molecular weight is 325 g/mol. The fraction of sp³-hybridized carbons (Fsp3) is 0.562. The van der Waals surface area contributed by atoms with E-state index in [9.17, 15) is 13.2 Å². The molecule has 0 amide bonds. The fourth-order valence-corrected chi connectivity index (χ4v) is 4.21. The largest absolute Gasteiger partial charge is 0.461 e. The normalized spacial score (nSPS) is 22.5. The number of benzene rings is 1. The van der Waals surface area contributed by atoms with Crippen molar-refractivity contribution in [3.8, 4) is 0 Å². The smallest absolute Gasteiger partial charge is 0.309 e. The lowest BCUT2D eigenvalue weighted by Gasteiger charge is -2.28. The molecule has 6 heteroatoms. The summed E-state index contributed by atoms with van der Waals surface area (Å²) in [7, 11) is -0.121. The SMILES string of the molecule is CN(C)S(=O)(=O)C1CCC(C(=O)OCc2ccccc2)CC1. The van der Waals surface area contributed by atoms with Gasteiger partial charge in [-0.2, -0.15) is 0 Å². The molecule has 0 aromatic heterocycles. The van der Waals surface area contributed by atoms with Crippen LogP contribution in [0.25, 0.3) is 0 Å². The molecule has 0 saturated heterocycles. The molecule has 0 aliphatic heterocycles. The molecule has 0 bridgehead atoms. The molecule has 0 radical (unpaired) electrons. The van der Waals surface area contributed by atoms with E-state index in [4.69, 9.17) is 4.74 Å². The summed E-state index contributed by atoms with van der Waals surface area (Å²) >= 11 is 0. The minimum atomic E-state index is -3.22. The Morgan fingerprint density at radius 3 is 2.27 bits per heavy atom. The van der Waals surface area contributed by atoms with Gasteiger partial charge < -0.3 is 4.74 Å². The van der Waals surface area contributed by atoms with Crippen molar-refractivity contribution in [1.29, 1.82) is 0 Å². The number of hydrogen-bond donors (Lipinski definition) is 0. The van der Waals surface area contributed by atoms with Crippen LogP contribution in [0.5, 0.6) is 0 Å². The fourth-order valence-electron chi connectivity index (χ4n) is 2.74. The van der Waals surface area contributed by atoms with E-state index in [1.54, 1.807) is 14.1 Å². The van der Waals surface area contributed by atoms with Gasteiger partial charge >= 0.3 is 5.97 Å². The molecule has 22 heavy (non-hydrogen) atoms. The molecule has 1 aliphatic carbocycles. The number of rotatable bonds is 5. The highest BCUT2D eigenvalue weighted by atomic mass is 32.2. The Balaban J connectivity index is 1.83. The lowest BCUT2D eigenvalue weighted by atomic mass is 9.89. The molecule has 1 fully saturated rings. The molecule has 0 heterocycles. The number of ether oxygens (including phenoxy) is 1. The van der Waals surface area contributed by atoms with Gasteiger partial charge in [0.25, 0.3) is 0 Å². The molecule has 0 atom stereocenters. The van der Waals surface area contributed by atoms with Crippen molar-refractivity contribution in [2.45, 2.75) is 37.5 Å². The van der Waals surface area contributed by atoms with Crippen molar-refractivity contribution in [2.75, 3.05) is 14.1 Å². The first kappa shape index (κ1) is 17.0. The molecule has 5 nitrogen and oxygen atoms in total. The zero-order chi connectivity index (χ0) is 16.2. The molecule has 1 saturated carbocycles. The Labute approximate surface area is 132 Å². The first-order valence-electron chi connectivity index (χ1n) is 7.53. The van der Waals surface area contributed by atoms with Crippen molar-refractivity contribution in [3.63, 3.8) is 0 Å². The van der Waals surface area contributed by atoms with Crippen LogP contribution in [0.3, 0.4) is 0 Å². The van der Waals surface area contributed by atoms with E-state index >= 15 is 0 Å². The molecule has 0 unspecified atom stereocenters. The van der Waals surface area contributed by atoms with Gasteiger partial charge in [0.1, 0.15) is 6.61 Å². The minimum absolute atomic E-state index is 0.183. The summed E-state index contributed by atoms with van der Waals surface area (Å²) in [5.74, 6) is -0.401. The van der Waals surface area contributed by atoms with Gasteiger partial charge in [-0.3, -0.25) is 4.79 Å². The van der Waals surface area contributed by atoms with Gasteiger partial charge in [-0.25, -0.2) is 12.7 Å². The van der Waals surface area contributed by atoms with E-state index in [0.717, 1.165) is 5.56 Å². The van der Waals surface area contributed by atoms with E-state index < -0.39 is 10.0 Å². The van der Waals surface area contributed by atoms with Crippen LogP contribution in [0.15, 0.2) is 30.3 Å². The van der Waals surface area contributed by atoms with E-state index in [1.807, 2.05) is 30.3 Å². The molecular weight excluding hydrogens is 302 g/mol. The standard InChI is InChI=1S/C16H23NO4S/c1-17(2)22(19,20)15-10-8-14(9-11-15)16(18)21-12-13-6-4-3-5-7-13/h3-7,14-15H,8-12H2,1-2H3. The number of hydrogen-bond acceptors (Lipinski definition) is 4. The molecule has 1 aliphatic rings. The minimum Gasteiger partial charge on any atom is -0.461 e. The van der Waals surface area contributed by atoms with Crippen LogP contribution in [-0.4, -0.2) is 38.0 Å². The van der Waals surface area contributed by atoms with Crippen LogP contribution >= 0.6 is 0 Å². The summed E-state index contributed by atoms with van der Waals surface area (Å²) in [6.07, 6.45) is 2.19. The maximum absolute atomic E-state index is 12.1. The van der Waals surface area contributed by atoms with Crippen molar-refractivity contribution in [2.24, 2.45) is 5.92 Å². The van der Waals surface area contributed by atoms with Gasteiger partial charge in [0, 0.05) is 14.1 Å². The van der Waals surface area contributed by atoms with Crippen molar-refractivity contribution >= 4 is 16.0 Å². The third-order valence-corrected chi connectivity index (χ3v) is 6.49. The predicted molar refractivity (Wildman–Crippen MR) is 84.6 cm³/mol. The molecule has 0 spiro atoms. The second-order valence-electron chi connectivity index (χ2n) is 5.89. The van der Waals surface area contributed by atoms with Gasteiger partial charge in [0.2, 0.25) is 10.0 Å². The molecule has 2 rings (SSSR count). The van der Waals surface area contributed by atoms with Crippen molar-refractivity contribution < 1.29 is 17.9 Å². The van der Waals surface area contributed by atoms with Crippen LogP contribution in [0.2, 0.25) is 0 Å². The number of sulfonamides is 1. The Hall–Kier alpha value is -1.40. The third kappa shape index (κ3) is 4.08. The van der Waals surface area contributed by atoms with Gasteiger partial charge in [-0.15, -0.1) is 0 Å². The average Bonchev–Trinajstić information content (AvgIpc) is 2.53. The Bertz CT molecular complexity index is 590. The number of nitrogens with zero attached hydrogens (tertiary/aromatic N) is 1. The van der Waals surface area contributed by atoms with E-state index in [0.29, 0.717) is 25.7 Å². The highest BCUT2D eigenvalue weighted by Crippen LogP contribution is 2.30. The van der Waals surface area contributed by atoms with Crippen LogP contribution in [0.1, 0.15) is 31.2 Å². The Morgan fingerprint density at radius 1 is 1.14 bits per heavy atom. The highest BCUT2D eigenvalue weighted by Gasteiger charge is 2.35. The maximum atomic E-state index is 12.1. The van der Waals surface area contributed by atoms with Gasteiger partial charge in [0.15, 0.2) is 0 Å². The summed E-state index contributed by atoms with van der Waals surface area (Å²) in [5.41, 5.74) is 0.958. The summed E-state index contributed by atoms with van der Waals surface area (Å²) in [4.78, 5) is 12.1. The zero-order valence-corrected chi connectivity index (χ0v) is 13.9. The lowest BCUT2D eigenvalue weighted by molar-refractivity contribution is -0.151. The maximum Gasteiger partial charge on any atom is 0.309 e. The summed E-state index contributed by atoms with van der Waals surface area (Å²) < 4.78 is 30.8. The van der Waals surface area contributed by atoms with Crippen LogP contribution in [-0.2, 0) is 26.2 Å². The Kier molecular flexibility index (Phi) is 5.58. The topological polar surface area (TPSA) is 63.7 Å². The second-order valence-corrected chi connectivity index (χ2v) is 8.32. The molecule has 1 aromatic carbocycles. The van der Waals surface area contributed by atoms with Crippen LogP contribution < -0.4 is 0 Å². The van der Waals surface area contributed by atoms with Crippen molar-refractivity contribution in [3.05, 3.63) is 35.9 Å². The summed E-state index contributed by atoms with van der Waals surface area (Å²) in [6, 6.07) is 9.54. The zero-order valence-electron chi connectivity index (χ0n) is 13.1. The van der Waals surface area contributed by atoms with Crippen LogP contribution in [0, 0.1) is 5.92 Å². The molecule has 0 N–H and O–H groups in total. The first-order valence-corrected chi connectivity index (χ1v) is 9.03. The van der Waals surface area contributed by atoms with Gasteiger partial charge in [0.05, 0.1) is 11.2 Å². The third-order valence-electron chi connectivity index (χ3n) is 4.16. The molecule has 1 aromatic rings. The molecular formula is C16H23NO4S. The van der Waals surface area contributed by atoms with Gasteiger partial charge in [-0.1, -0.05) is 30.3 Å².